The van der Waals surface area contributed by atoms with Gasteiger partial charge in [-0.1, -0.05) is 115 Å². The lowest BCUT2D eigenvalue weighted by molar-refractivity contribution is 0.634. The van der Waals surface area contributed by atoms with Crippen LogP contribution in [0.3, 0.4) is 0 Å². The zero-order valence-electron chi connectivity index (χ0n) is 25.1. The topological polar surface area (TPSA) is 43.9 Å². The maximum absolute atomic E-state index is 15.7. The molecule has 9 aromatic rings. The Bertz CT molecular complexity index is 2550. The van der Waals surface area contributed by atoms with Crippen molar-refractivity contribution in [3.05, 3.63) is 164 Å². The molecule has 0 saturated heterocycles. The molecule has 6 aromatic carbocycles. The van der Waals surface area contributed by atoms with E-state index < -0.39 is 0 Å². The van der Waals surface area contributed by atoms with Gasteiger partial charge in [0, 0.05) is 17.4 Å². The van der Waals surface area contributed by atoms with Gasteiger partial charge >= 0.3 is 0 Å². The zero-order chi connectivity index (χ0) is 31.3. The van der Waals surface area contributed by atoms with Crippen molar-refractivity contribution in [2.24, 2.45) is 0 Å². The molecule has 0 amide bonds. The lowest BCUT2D eigenvalue weighted by Gasteiger charge is -2.12. The molecule has 222 valence electrons. The molecule has 5 heteroatoms. The zero-order valence-corrected chi connectivity index (χ0v) is 25.1. The number of halogens is 1. The second-order valence-electron chi connectivity index (χ2n) is 11.6. The maximum Gasteiger partial charge on any atom is 0.154 e. The molecule has 0 fully saturated rings. The van der Waals surface area contributed by atoms with Crippen LogP contribution in [0, 0.1) is 5.82 Å². The van der Waals surface area contributed by atoms with E-state index in [2.05, 4.69) is 54.6 Å². The summed E-state index contributed by atoms with van der Waals surface area (Å²) in [5, 5.41) is 0.891. The van der Waals surface area contributed by atoms with Gasteiger partial charge in [-0.25, -0.2) is 9.37 Å². The summed E-state index contributed by atoms with van der Waals surface area (Å²) in [6, 6.07) is 49.9. The van der Waals surface area contributed by atoms with Crippen molar-refractivity contribution in [3.63, 3.8) is 0 Å². The molecule has 0 aliphatic carbocycles. The lowest BCUT2D eigenvalue weighted by Crippen LogP contribution is -1.99. The number of para-hydroxylation sites is 1. The summed E-state index contributed by atoms with van der Waals surface area (Å²) < 4.78 is 24.3. The number of hydrogen-bond acceptors (Lipinski definition) is 3. The summed E-state index contributed by atoms with van der Waals surface area (Å²) in [7, 11) is 0. The van der Waals surface area contributed by atoms with Crippen LogP contribution >= 0.6 is 0 Å². The van der Waals surface area contributed by atoms with Crippen LogP contribution in [0.4, 0.5) is 4.39 Å². The monoisotopic (exact) mass is 607 g/mol. The quantitative estimate of drug-likeness (QED) is 0.195. The fraction of sp³-hybridized carbons (Fsp3) is 0. The third kappa shape index (κ3) is 4.51. The van der Waals surface area contributed by atoms with Crippen LogP contribution in [0.1, 0.15) is 0 Å². The average Bonchev–Trinajstić information content (AvgIpc) is 3.72. The number of aromatic nitrogens is 3. The summed E-state index contributed by atoms with van der Waals surface area (Å²) in [6.07, 6.45) is 1.90. The van der Waals surface area contributed by atoms with Gasteiger partial charge in [0.1, 0.15) is 28.3 Å². The Morgan fingerprint density at radius 2 is 1.17 bits per heavy atom. The smallest absolute Gasteiger partial charge is 0.154 e. The molecule has 4 nitrogen and oxygen atoms in total. The number of rotatable bonds is 5. The maximum atomic E-state index is 15.7. The Balaban J connectivity index is 1.31. The van der Waals surface area contributed by atoms with E-state index in [0.29, 0.717) is 28.0 Å². The molecule has 0 atom stereocenters. The van der Waals surface area contributed by atoms with E-state index in [4.69, 9.17) is 14.4 Å². The molecule has 3 aromatic heterocycles. The second-order valence-corrected chi connectivity index (χ2v) is 11.6. The number of nitrogens with zero attached hydrogens (tertiary/aromatic N) is 3. The molecule has 0 spiro atoms. The van der Waals surface area contributed by atoms with Crippen molar-refractivity contribution in [3.8, 4) is 50.5 Å². The summed E-state index contributed by atoms with van der Waals surface area (Å²) in [6.45, 7) is 0. The molecule has 0 unspecified atom stereocenters. The highest BCUT2D eigenvalue weighted by atomic mass is 19.1. The van der Waals surface area contributed by atoms with Crippen molar-refractivity contribution in [1.82, 2.24) is 14.5 Å². The first-order valence-electron chi connectivity index (χ1n) is 15.5. The van der Waals surface area contributed by atoms with Crippen LogP contribution < -0.4 is 0 Å². The molecule has 0 aliphatic heterocycles. The van der Waals surface area contributed by atoms with Crippen LogP contribution in [0.15, 0.2) is 162 Å². The number of benzene rings is 6. The first-order chi connectivity index (χ1) is 23.2. The number of pyridine rings is 1. The van der Waals surface area contributed by atoms with E-state index in [1.54, 1.807) is 6.07 Å². The number of hydrogen-bond donors (Lipinski definition) is 0. The van der Waals surface area contributed by atoms with E-state index in [0.717, 1.165) is 55.5 Å². The van der Waals surface area contributed by atoms with Gasteiger partial charge < -0.3 is 4.42 Å². The summed E-state index contributed by atoms with van der Waals surface area (Å²) in [5.74, 6) is 0.244. The van der Waals surface area contributed by atoms with Crippen LogP contribution in [-0.2, 0) is 0 Å². The molecule has 0 radical (unpaired) electrons. The third-order valence-electron chi connectivity index (χ3n) is 8.75. The van der Waals surface area contributed by atoms with E-state index >= 15 is 4.39 Å². The Hall–Kier alpha value is -6.33. The van der Waals surface area contributed by atoms with Crippen molar-refractivity contribution in [2.75, 3.05) is 0 Å². The highest BCUT2D eigenvalue weighted by Gasteiger charge is 2.24. The summed E-state index contributed by atoms with van der Waals surface area (Å²) in [5.41, 5.74) is 10.9. The number of furan rings is 1. The lowest BCUT2D eigenvalue weighted by atomic mass is 9.98. The first-order valence-corrected chi connectivity index (χ1v) is 15.5. The molecule has 9 rings (SSSR count). The summed E-state index contributed by atoms with van der Waals surface area (Å²) in [4.78, 5) is 9.99. The van der Waals surface area contributed by atoms with Gasteiger partial charge in [-0.15, -0.1) is 0 Å². The van der Waals surface area contributed by atoms with E-state index in [1.807, 2.05) is 95.7 Å². The molecule has 0 aliphatic rings. The largest absolute Gasteiger partial charge is 0.454 e. The molecular formula is C42H26FN3O. The third-order valence-corrected chi connectivity index (χ3v) is 8.75. The number of imidazole rings is 1. The highest BCUT2D eigenvalue weighted by Crippen LogP contribution is 2.43. The van der Waals surface area contributed by atoms with E-state index in [1.165, 1.54) is 6.07 Å². The van der Waals surface area contributed by atoms with Gasteiger partial charge in [0.05, 0.1) is 16.5 Å². The minimum atomic E-state index is -0.343. The fourth-order valence-corrected chi connectivity index (χ4v) is 6.52. The van der Waals surface area contributed by atoms with Gasteiger partial charge in [0.2, 0.25) is 0 Å². The Kier molecular flexibility index (Phi) is 6.28. The van der Waals surface area contributed by atoms with Gasteiger partial charge in [0.15, 0.2) is 5.58 Å². The van der Waals surface area contributed by atoms with Crippen LogP contribution in [0.2, 0.25) is 0 Å². The Morgan fingerprint density at radius 1 is 0.553 bits per heavy atom. The Morgan fingerprint density at radius 3 is 1.87 bits per heavy atom. The predicted molar refractivity (Wildman–Crippen MR) is 188 cm³/mol. The van der Waals surface area contributed by atoms with Gasteiger partial charge in [-0.2, -0.15) is 0 Å². The van der Waals surface area contributed by atoms with Crippen LogP contribution in [-0.4, -0.2) is 14.5 Å². The van der Waals surface area contributed by atoms with Crippen molar-refractivity contribution in [1.29, 1.82) is 0 Å². The molecule has 47 heavy (non-hydrogen) atoms. The van der Waals surface area contributed by atoms with Gasteiger partial charge in [0.25, 0.3) is 0 Å². The fourth-order valence-electron chi connectivity index (χ4n) is 6.52. The minimum absolute atomic E-state index is 0.343. The first kappa shape index (κ1) is 27.0. The highest BCUT2D eigenvalue weighted by molar-refractivity contribution is 6.15. The molecule has 0 N–H and O–H groups in total. The second kappa shape index (κ2) is 10.9. The van der Waals surface area contributed by atoms with E-state index in [-0.39, 0.29) is 5.82 Å². The molecule has 0 bridgehead atoms. The molecule has 3 heterocycles. The van der Waals surface area contributed by atoms with Gasteiger partial charge in [-0.3, -0.25) is 9.55 Å². The normalized spacial score (nSPS) is 11.5. The van der Waals surface area contributed by atoms with Crippen LogP contribution in [0.5, 0.6) is 0 Å². The standard InChI is InChI=1S/C42H26FN3O/c43-35-17-10-18-36-40(35)46(32-21-19-29(20-22-32)27-11-4-1-5-12-27)42(45-36)34-24-23-33(30-15-8-3-9-16-30)38-39-37(47-41(34)38)25-31(26-44-39)28-13-6-2-7-14-28/h1-26H. The van der Waals surface area contributed by atoms with Crippen molar-refractivity contribution in [2.45, 2.75) is 0 Å². The average molecular weight is 608 g/mol. The molecule has 0 saturated carbocycles. The molecular weight excluding hydrogens is 581 g/mol. The van der Waals surface area contributed by atoms with Crippen LogP contribution in [0.25, 0.3) is 83.6 Å². The van der Waals surface area contributed by atoms with E-state index in [9.17, 15) is 0 Å². The minimum Gasteiger partial charge on any atom is -0.454 e. The summed E-state index contributed by atoms with van der Waals surface area (Å²) >= 11 is 0. The Labute approximate surface area is 270 Å². The van der Waals surface area contributed by atoms with Gasteiger partial charge in [-0.05, 0) is 64.2 Å². The number of fused-ring (bicyclic) bond motifs is 4. The SMILES string of the molecule is Fc1cccc2nc(-c3ccc(-c4ccccc4)c4c3oc3cc(-c5ccccc5)cnc34)n(-c3ccc(-c4ccccc4)cc3)c12. The van der Waals surface area contributed by atoms with Crippen molar-refractivity contribution >= 4 is 33.1 Å². The van der Waals surface area contributed by atoms with Crippen molar-refractivity contribution < 1.29 is 8.81 Å². The predicted octanol–water partition coefficient (Wildman–Crippen LogP) is 11.1.